The van der Waals surface area contributed by atoms with E-state index in [4.69, 9.17) is 0 Å². The maximum Gasteiger partial charge on any atom is 0.348 e. The number of hydrogen-bond acceptors (Lipinski definition) is 7. The molecular weight excluding hydrogens is 598 g/mol. The first kappa shape index (κ1) is 29.6. The Labute approximate surface area is 252 Å². The number of alkyl halides is 1. The number of anilines is 2. The Balaban J connectivity index is 1.33. The van der Waals surface area contributed by atoms with Gasteiger partial charge in [0.15, 0.2) is 0 Å². The Bertz CT molecular complexity index is 1610. The molecule has 3 aliphatic rings. The van der Waals surface area contributed by atoms with E-state index in [9.17, 15) is 31.9 Å². The van der Waals surface area contributed by atoms with Gasteiger partial charge in [0.25, 0.3) is 0 Å². The van der Waals surface area contributed by atoms with Crippen molar-refractivity contribution in [2.45, 2.75) is 55.6 Å². The second-order valence-corrected chi connectivity index (χ2v) is 14.3. The largest absolute Gasteiger partial charge is 0.477 e. The van der Waals surface area contributed by atoms with Crippen LogP contribution >= 0.6 is 11.3 Å². The molecule has 13 heteroatoms. The number of amides is 1. The number of thiophene rings is 1. The highest BCUT2D eigenvalue weighted by molar-refractivity contribution is 7.89. The molecule has 1 N–H and O–H groups in total. The van der Waals surface area contributed by atoms with Gasteiger partial charge in [-0.15, -0.1) is 11.3 Å². The zero-order chi connectivity index (χ0) is 30.3. The van der Waals surface area contributed by atoms with Crippen molar-refractivity contribution in [2.24, 2.45) is 5.92 Å². The zero-order valence-corrected chi connectivity index (χ0v) is 25.0. The van der Waals surface area contributed by atoms with Gasteiger partial charge in [0.1, 0.15) is 27.6 Å². The van der Waals surface area contributed by atoms with Crippen molar-refractivity contribution in [2.75, 3.05) is 36.0 Å². The second-order valence-electron chi connectivity index (χ2n) is 11.3. The summed E-state index contributed by atoms with van der Waals surface area (Å²) in [5.74, 6) is -1.64. The standard InChI is InChI=1S/C30H32F2N4O5S2/c31-21-8-6-20(7-9-21)26-14-24(29(42-26)30(38)39)36-25(19-4-2-1-3-5-19)17-35(18-28(36)37)43(40,41)23-10-11-27(33-15-23)34-13-12-22(32)16-34/h6-11,14-15,19,22,25H,1-5,12-13,16-18H2,(H,38,39)/t22-,25+/m1/s1. The highest BCUT2D eigenvalue weighted by Gasteiger charge is 2.44. The van der Waals surface area contributed by atoms with Crippen molar-refractivity contribution in [1.29, 1.82) is 0 Å². The smallest absolute Gasteiger partial charge is 0.348 e. The lowest BCUT2D eigenvalue weighted by Gasteiger charge is -2.44. The number of carbonyl (C=O) groups excluding carboxylic acids is 1. The fourth-order valence-corrected chi connectivity index (χ4v) is 8.75. The van der Waals surface area contributed by atoms with Gasteiger partial charge in [-0.3, -0.25) is 4.79 Å². The molecule has 0 spiro atoms. The van der Waals surface area contributed by atoms with Crippen LogP contribution in [0.5, 0.6) is 0 Å². The number of piperazine rings is 1. The molecule has 228 valence electrons. The molecule has 2 atom stereocenters. The molecule has 4 heterocycles. The average molecular weight is 631 g/mol. The minimum Gasteiger partial charge on any atom is -0.477 e. The van der Waals surface area contributed by atoms with E-state index in [1.54, 1.807) is 29.2 Å². The molecule has 0 bridgehead atoms. The molecule has 43 heavy (non-hydrogen) atoms. The van der Waals surface area contributed by atoms with E-state index in [0.29, 0.717) is 29.2 Å². The van der Waals surface area contributed by atoms with E-state index in [2.05, 4.69) is 4.98 Å². The van der Waals surface area contributed by atoms with Crippen LogP contribution in [0.25, 0.3) is 10.4 Å². The lowest BCUT2D eigenvalue weighted by molar-refractivity contribution is -0.121. The second kappa shape index (κ2) is 11.9. The molecule has 1 amide bonds. The van der Waals surface area contributed by atoms with Crippen LogP contribution in [0, 0.1) is 11.7 Å². The van der Waals surface area contributed by atoms with Gasteiger partial charge < -0.3 is 14.9 Å². The van der Waals surface area contributed by atoms with Crippen molar-refractivity contribution in [3.63, 3.8) is 0 Å². The number of pyridine rings is 1. The first-order valence-corrected chi connectivity index (χ1v) is 16.7. The van der Waals surface area contributed by atoms with Gasteiger partial charge in [0.2, 0.25) is 15.9 Å². The average Bonchev–Trinajstić information content (AvgIpc) is 3.64. The van der Waals surface area contributed by atoms with Gasteiger partial charge in [-0.05, 0) is 61.1 Å². The summed E-state index contributed by atoms with van der Waals surface area (Å²) >= 11 is 1.00. The minimum atomic E-state index is -4.11. The van der Waals surface area contributed by atoms with Crippen molar-refractivity contribution < 1.29 is 31.9 Å². The molecule has 2 aromatic heterocycles. The number of nitrogens with zero attached hydrogens (tertiary/aromatic N) is 4. The van der Waals surface area contributed by atoms with E-state index in [1.165, 1.54) is 33.6 Å². The van der Waals surface area contributed by atoms with Crippen LogP contribution in [0.4, 0.5) is 20.3 Å². The summed E-state index contributed by atoms with van der Waals surface area (Å²) in [5, 5.41) is 10.1. The van der Waals surface area contributed by atoms with Crippen LogP contribution in [0.3, 0.4) is 0 Å². The number of sulfonamides is 1. The third-order valence-corrected chi connectivity index (χ3v) is 11.6. The van der Waals surface area contributed by atoms with Crippen molar-refractivity contribution in [1.82, 2.24) is 9.29 Å². The van der Waals surface area contributed by atoms with Gasteiger partial charge in [-0.1, -0.05) is 31.4 Å². The predicted molar refractivity (Wildman–Crippen MR) is 159 cm³/mol. The molecule has 2 aliphatic heterocycles. The quantitative estimate of drug-likeness (QED) is 0.383. The summed E-state index contributed by atoms with van der Waals surface area (Å²) in [6.45, 7) is 0.271. The van der Waals surface area contributed by atoms with Gasteiger partial charge in [-0.25, -0.2) is 27.0 Å². The van der Waals surface area contributed by atoms with E-state index in [-0.39, 0.29) is 34.5 Å². The minimum absolute atomic E-state index is 0.0108. The summed E-state index contributed by atoms with van der Waals surface area (Å²) in [4.78, 5) is 34.3. The summed E-state index contributed by atoms with van der Waals surface area (Å²) in [5.41, 5.74) is 0.854. The van der Waals surface area contributed by atoms with Crippen LogP contribution in [-0.4, -0.2) is 73.1 Å². The first-order chi connectivity index (χ1) is 20.6. The number of halogens is 2. The van der Waals surface area contributed by atoms with Gasteiger partial charge in [-0.2, -0.15) is 4.31 Å². The third-order valence-electron chi connectivity index (χ3n) is 8.60. The SMILES string of the molecule is O=C(O)c1sc(-c2ccc(F)cc2)cc1N1C(=O)CN(S(=O)(=O)c2ccc(N3CC[C@@H](F)C3)nc2)C[C@H]1C1CCCCC1. The van der Waals surface area contributed by atoms with Crippen molar-refractivity contribution in [3.05, 3.63) is 59.4 Å². The summed E-state index contributed by atoms with van der Waals surface area (Å²) in [6.07, 6.45) is 5.21. The molecular formula is C30H32F2N4O5S2. The molecule has 3 aromatic rings. The first-order valence-electron chi connectivity index (χ1n) is 14.4. The Kier molecular flexibility index (Phi) is 8.22. The third kappa shape index (κ3) is 5.89. The molecule has 0 unspecified atom stereocenters. The highest BCUT2D eigenvalue weighted by atomic mass is 32.2. The van der Waals surface area contributed by atoms with Crippen LogP contribution in [-0.2, 0) is 14.8 Å². The Hall–Kier alpha value is -3.42. The van der Waals surface area contributed by atoms with Crippen LogP contribution < -0.4 is 9.80 Å². The van der Waals surface area contributed by atoms with E-state index >= 15 is 0 Å². The maximum absolute atomic E-state index is 13.9. The number of rotatable bonds is 7. The van der Waals surface area contributed by atoms with Gasteiger partial charge in [0.05, 0.1) is 24.8 Å². The van der Waals surface area contributed by atoms with Gasteiger partial charge in [0, 0.05) is 24.2 Å². The number of aromatic nitrogens is 1. The van der Waals surface area contributed by atoms with E-state index < -0.39 is 46.5 Å². The number of carboxylic acids is 1. The molecule has 1 aliphatic carbocycles. The van der Waals surface area contributed by atoms with Crippen molar-refractivity contribution in [3.8, 4) is 10.4 Å². The number of hydrogen-bond donors (Lipinski definition) is 1. The van der Waals surface area contributed by atoms with Crippen LogP contribution in [0.2, 0.25) is 0 Å². The lowest BCUT2D eigenvalue weighted by Crippen LogP contribution is -2.60. The maximum atomic E-state index is 13.9. The summed E-state index contributed by atoms with van der Waals surface area (Å²) in [6, 6.07) is 9.76. The lowest BCUT2D eigenvalue weighted by atomic mass is 9.82. The van der Waals surface area contributed by atoms with Crippen LogP contribution in [0.15, 0.2) is 53.6 Å². The molecule has 6 rings (SSSR count). The molecule has 1 aromatic carbocycles. The zero-order valence-electron chi connectivity index (χ0n) is 23.4. The van der Waals surface area contributed by atoms with E-state index in [0.717, 1.165) is 43.4 Å². The Morgan fingerprint density at radius 3 is 2.40 bits per heavy atom. The number of carboxylic acid groups (broad SMARTS) is 1. The van der Waals surface area contributed by atoms with E-state index in [1.807, 2.05) is 0 Å². The monoisotopic (exact) mass is 630 g/mol. The molecule has 1 saturated carbocycles. The molecule has 9 nitrogen and oxygen atoms in total. The van der Waals surface area contributed by atoms with Gasteiger partial charge >= 0.3 is 5.97 Å². The van der Waals surface area contributed by atoms with Crippen molar-refractivity contribution >= 4 is 44.7 Å². The molecule has 0 radical (unpaired) electrons. The Morgan fingerprint density at radius 2 is 1.77 bits per heavy atom. The molecule has 2 saturated heterocycles. The number of benzene rings is 1. The number of aromatic carboxylic acids is 1. The molecule has 3 fully saturated rings. The highest BCUT2D eigenvalue weighted by Crippen LogP contribution is 2.42. The predicted octanol–water partition coefficient (Wildman–Crippen LogP) is 5.18. The fraction of sp³-hybridized carbons (Fsp3) is 0.433. The Morgan fingerprint density at radius 1 is 1.02 bits per heavy atom. The van der Waals surface area contributed by atoms with Crippen LogP contribution in [0.1, 0.15) is 48.2 Å². The fourth-order valence-electron chi connectivity index (χ4n) is 6.40. The topological polar surface area (TPSA) is 111 Å². The number of carbonyl (C=O) groups is 2. The normalized spacial score (nSPS) is 22.3. The summed E-state index contributed by atoms with van der Waals surface area (Å²) in [7, 11) is -4.11. The summed E-state index contributed by atoms with van der Waals surface area (Å²) < 4.78 is 56.0.